The Morgan fingerprint density at radius 1 is 1.00 bits per heavy atom. The smallest absolute Gasteiger partial charge is 0.0302 e. The van der Waals surface area contributed by atoms with Gasteiger partial charge in [-0.3, -0.25) is 0 Å². The molecule has 0 heterocycles. The van der Waals surface area contributed by atoms with E-state index in [1.165, 1.54) is 32.1 Å². The van der Waals surface area contributed by atoms with Crippen LogP contribution in [0.5, 0.6) is 0 Å². The molecular formula is C17H34. The van der Waals surface area contributed by atoms with Crippen molar-refractivity contribution in [2.24, 2.45) is 16.7 Å². The highest BCUT2D eigenvalue weighted by Crippen LogP contribution is 2.44. The van der Waals surface area contributed by atoms with E-state index in [0.29, 0.717) is 10.8 Å². The van der Waals surface area contributed by atoms with Crippen molar-refractivity contribution in [3.05, 3.63) is 12.7 Å². The van der Waals surface area contributed by atoms with Gasteiger partial charge < -0.3 is 0 Å². The van der Waals surface area contributed by atoms with Crippen molar-refractivity contribution < 1.29 is 0 Å². The van der Waals surface area contributed by atoms with E-state index in [1.807, 2.05) is 0 Å². The molecule has 0 saturated carbocycles. The fourth-order valence-electron chi connectivity index (χ4n) is 3.46. The van der Waals surface area contributed by atoms with Gasteiger partial charge >= 0.3 is 0 Å². The van der Waals surface area contributed by atoms with Crippen molar-refractivity contribution in [2.45, 2.75) is 80.1 Å². The summed E-state index contributed by atoms with van der Waals surface area (Å²) < 4.78 is 0. The maximum absolute atomic E-state index is 3.89. The number of hydrogen-bond donors (Lipinski definition) is 0. The van der Waals surface area contributed by atoms with Crippen LogP contribution >= 0.6 is 0 Å². The normalized spacial score (nSPS) is 13.1. The molecule has 0 rings (SSSR count). The topological polar surface area (TPSA) is 0 Å². The van der Waals surface area contributed by atoms with Gasteiger partial charge in [0.25, 0.3) is 0 Å². The minimum Gasteiger partial charge on any atom is -0.103 e. The second-order valence-electron chi connectivity index (χ2n) is 7.10. The first-order chi connectivity index (χ1) is 7.79. The van der Waals surface area contributed by atoms with E-state index in [9.17, 15) is 0 Å². The Labute approximate surface area is 110 Å². The quantitative estimate of drug-likeness (QED) is 0.418. The number of allylic oxidation sites excluding steroid dienone is 1. The molecule has 17 heavy (non-hydrogen) atoms. The molecule has 0 bridgehead atoms. The summed E-state index contributed by atoms with van der Waals surface area (Å²) in [5, 5.41) is 0. The Bertz CT molecular complexity index is 204. The van der Waals surface area contributed by atoms with Gasteiger partial charge in [0.05, 0.1) is 0 Å². The third-order valence-corrected chi connectivity index (χ3v) is 4.01. The monoisotopic (exact) mass is 238 g/mol. The number of rotatable bonds is 9. The molecule has 0 aliphatic heterocycles. The van der Waals surface area contributed by atoms with Crippen LogP contribution in [0.1, 0.15) is 80.1 Å². The second kappa shape index (κ2) is 7.24. The van der Waals surface area contributed by atoms with E-state index in [-0.39, 0.29) is 0 Å². The van der Waals surface area contributed by atoms with Crippen LogP contribution in [0.3, 0.4) is 0 Å². The highest BCUT2D eigenvalue weighted by atomic mass is 14.4. The second-order valence-corrected chi connectivity index (χ2v) is 7.10. The molecule has 0 aromatic carbocycles. The molecule has 0 unspecified atom stereocenters. The predicted molar refractivity (Wildman–Crippen MR) is 80.3 cm³/mol. The summed E-state index contributed by atoms with van der Waals surface area (Å²) in [4.78, 5) is 0. The van der Waals surface area contributed by atoms with Crippen LogP contribution in [-0.4, -0.2) is 0 Å². The van der Waals surface area contributed by atoms with Gasteiger partial charge in [-0.1, -0.05) is 73.3 Å². The SMILES string of the molecule is C=CCC(C)(C)CC(C)(C)C(CCC)CCC. The van der Waals surface area contributed by atoms with Gasteiger partial charge in [0, 0.05) is 0 Å². The van der Waals surface area contributed by atoms with Crippen molar-refractivity contribution in [2.75, 3.05) is 0 Å². The first kappa shape index (κ1) is 16.7. The average Bonchev–Trinajstić information content (AvgIpc) is 2.15. The van der Waals surface area contributed by atoms with Crippen LogP contribution in [0.25, 0.3) is 0 Å². The molecule has 0 aromatic heterocycles. The summed E-state index contributed by atoms with van der Waals surface area (Å²) in [6.45, 7) is 18.2. The average molecular weight is 238 g/mol. The Hall–Kier alpha value is -0.260. The Balaban J connectivity index is 4.64. The van der Waals surface area contributed by atoms with Crippen LogP contribution in [0.4, 0.5) is 0 Å². The van der Waals surface area contributed by atoms with E-state index < -0.39 is 0 Å². The Morgan fingerprint density at radius 2 is 1.47 bits per heavy atom. The van der Waals surface area contributed by atoms with Gasteiger partial charge in [0.15, 0.2) is 0 Å². The zero-order chi connectivity index (χ0) is 13.5. The molecule has 0 spiro atoms. The maximum atomic E-state index is 3.89. The lowest BCUT2D eigenvalue weighted by atomic mass is 9.65. The molecule has 0 heteroatoms. The summed E-state index contributed by atoms with van der Waals surface area (Å²) in [7, 11) is 0. The van der Waals surface area contributed by atoms with Crippen LogP contribution in [0.2, 0.25) is 0 Å². The largest absolute Gasteiger partial charge is 0.103 e. The Morgan fingerprint density at radius 3 is 1.82 bits per heavy atom. The maximum Gasteiger partial charge on any atom is -0.0302 e. The summed E-state index contributed by atoms with van der Waals surface area (Å²) in [6, 6.07) is 0. The molecule has 0 N–H and O–H groups in total. The molecule has 0 radical (unpaired) electrons. The van der Waals surface area contributed by atoms with E-state index in [1.54, 1.807) is 0 Å². The molecule has 0 amide bonds. The fraction of sp³-hybridized carbons (Fsp3) is 0.882. The van der Waals surface area contributed by atoms with Gasteiger partial charge in [-0.2, -0.15) is 0 Å². The van der Waals surface area contributed by atoms with Gasteiger partial charge in [0.1, 0.15) is 0 Å². The van der Waals surface area contributed by atoms with Crippen LogP contribution < -0.4 is 0 Å². The molecule has 0 aliphatic rings. The van der Waals surface area contributed by atoms with Crippen LogP contribution in [0.15, 0.2) is 12.7 Å². The zero-order valence-electron chi connectivity index (χ0n) is 13.1. The van der Waals surface area contributed by atoms with E-state index >= 15 is 0 Å². The lowest BCUT2D eigenvalue weighted by Crippen LogP contribution is -2.30. The van der Waals surface area contributed by atoms with Crippen molar-refractivity contribution in [3.63, 3.8) is 0 Å². The molecule has 0 saturated heterocycles. The van der Waals surface area contributed by atoms with Crippen LogP contribution in [0, 0.1) is 16.7 Å². The molecule has 0 atom stereocenters. The molecular weight excluding hydrogens is 204 g/mol. The van der Waals surface area contributed by atoms with Gasteiger partial charge in [-0.25, -0.2) is 0 Å². The predicted octanol–water partition coefficient (Wildman–Crippen LogP) is 6.22. The molecule has 0 aromatic rings. The third-order valence-electron chi connectivity index (χ3n) is 4.01. The summed E-state index contributed by atoms with van der Waals surface area (Å²) in [5.41, 5.74) is 0.851. The van der Waals surface area contributed by atoms with Crippen molar-refractivity contribution >= 4 is 0 Å². The molecule has 0 nitrogen and oxygen atoms in total. The summed E-state index contributed by atoms with van der Waals surface area (Å²) in [6.07, 6.45) is 9.89. The summed E-state index contributed by atoms with van der Waals surface area (Å²) in [5.74, 6) is 0.876. The fourth-order valence-corrected chi connectivity index (χ4v) is 3.46. The van der Waals surface area contributed by atoms with Crippen molar-refractivity contribution in [1.29, 1.82) is 0 Å². The van der Waals surface area contributed by atoms with Gasteiger partial charge in [-0.15, -0.1) is 6.58 Å². The lowest BCUT2D eigenvalue weighted by molar-refractivity contribution is 0.107. The van der Waals surface area contributed by atoms with E-state index in [0.717, 1.165) is 12.3 Å². The van der Waals surface area contributed by atoms with E-state index in [2.05, 4.69) is 54.2 Å². The number of hydrogen-bond acceptors (Lipinski definition) is 0. The zero-order valence-corrected chi connectivity index (χ0v) is 13.1. The lowest BCUT2D eigenvalue weighted by Gasteiger charge is -2.40. The third kappa shape index (κ3) is 6.29. The van der Waals surface area contributed by atoms with Crippen molar-refractivity contribution in [1.82, 2.24) is 0 Å². The summed E-state index contributed by atoms with van der Waals surface area (Å²) >= 11 is 0. The van der Waals surface area contributed by atoms with Gasteiger partial charge in [-0.05, 0) is 29.6 Å². The van der Waals surface area contributed by atoms with Gasteiger partial charge in [0.2, 0.25) is 0 Å². The highest BCUT2D eigenvalue weighted by molar-refractivity contribution is 4.88. The van der Waals surface area contributed by atoms with E-state index in [4.69, 9.17) is 0 Å². The van der Waals surface area contributed by atoms with Crippen LogP contribution in [-0.2, 0) is 0 Å². The minimum atomic E-state index is 0.394. The molecule has 0 fully saturated rings. The Kier molecular flexibility index (Phi) is 7.13. The minimum absolute atomic E-state index is 0.394. The highest BCUT2D eigenvalue weighted by Gasteiger charge is 2.33. The first-order valence-corrected chi connectivity index (χ1v) is 7.40. The standard InChI is InChI=1S/C17H34/c1-8-11-15(12-9-2)17(6,7)14-16(4,5)13-10-3/h10,15H,3,8-9,11-14H2,1-2,4-7H3. The molecule has 0 aliphatic carbocycles. The first-order valence-electron chi connectivity index (χ1n) is 7.40. The van der Waals surface area contributed by atoms with Crippen molar-refractivity contribution in [3.8, 4) is 0 Å². The molecule has 102 valence electrons.